The third-order valence-electron chi connectivity index (χ3n) is 5.45. The fourth-order valence-electron chi connectivity index (χ4n) is 3.69. The molecule has 166 valence electrons. The van der Waals surface area contributed by atoms with Crippen LogP contribution in [-0.2, 0) is 6.54 Å². The molecule has 0 radical (unpaired) electrons. The van der Waals surface area contributed by atoms with E-state index in [-0.39, 0.29) is 5.91 Å². The van der Waals surface area contributed by atoms with Crippen molar-refractivity contribution in [2.75, 3.05) is 50.6 Å². The Labute approximate surface area is 187 Å². The normalized spacial score (nSPS) is 14.1. The minimum atomic E-state index is -0.292. The average Bonchev–Trinajstić information content (AvgIpc) is 2.85. The van der Waals surface area contributed by atoms with Crippen LogP contribution in [-0.4, -0.2) is 61.2 Å². The van der Waals surface area contributed by atoms with Crippen molar-refractivity contribution in [1.82, 2.24) is 14.9 Å². The third kappa shape index (κ3) is 5.33. The standard InChI is InChI=1S/C24H27N5O3/c1-31-20-12-19(13-21(14-20)32-2)24(30)27-22-15-23(26-17-25-22)29-10-8-28(9-11-29)16-18-6-4-3-5-7-18/h3-7,12-15,17H,8-11,16H2,1-2H3,(H,25,26,27,30). The van der Waals surface area contributed by atoms with Crippen molar-refractivity contribution >= 4 is 17.5 Å². The molecule has 0 spiro atoms. The van der Waals surface area contributed by atoms with Gasteiger partial charge < -0.3 is 19.7 Å². The molecule has 0 bridgehead atoms. The lowest BCUT2D eigenvalue weighted by atomic mass is 10.2. The number of nitrogens with one attached hydrogen (secondary N) is 1. The first-order valence-electron chi connectivity index (χ1n) is 10.5. The highest BCUT2D eigenvalue weighted by molar-refractivity contribution is 6.04. The van der Waals surface area contributed by atoms with Gasteiger partial charge in [0, 0.05) is 50.4 Å². The highest BCUT2D eigenvalue weighted by Gasteiger charge is 2.19. The molecule has 1 aliphatic rings. The van der Waals surface area contributed by atoms with Crippen LogP contribution >= 0.6 is 0 Å². The van der Waals surface area contributed by atoms with Crippen LogP contribution in [0.2, 0.25) is 0 Å². The van der Waals surface area contributed by atoms with Gasteiger partial charge in [0.15, 0.2) is 0 Å². The number of hydrogen-bond acceptors (Lipinski definition) is 7. The molecule has 0 aliphatic carbocycles. The summed E-state index contributed by atoms with van der Waals surface area (Å²) in [5.74, 6) is 2.06. The molecule has 8 heteroatoms. The minimum Gasteiger partial charge on any atom is -0.497 e. The van der Waals surface area contributed by atoms with E-state index in [1.165, 1.54) is 11.9 Å². The number of hydrogen-bond donors (Lipinski definition) is 1. The van der Waals surface area contributed by atoms with E-state index in [0.29, 0.717) is 22.9 Å². The van der Waals surface area contributed by atoms with Crippen LogP contribution in [0.25, 0.3) is 0 Å². The van der Waals surface area contributed by atoms with Gasteiger partial charge >= 0.3 is 0 Å². The first-order chi connectivity index (χ1) is 15.6. The molecule has 8 nitrogen and oxygen atoms in total. The second-order valence-corrected chi connectivity index (χ2v) is 7.57. The van der Waals surface area contributed by atoms with Gasteiger partial charge in [0.1, 0.15) is 29.5 Å². The molecule has 4 rings (SSSR count). The zero-order valence-corrected chi connectivity index (χ0v) is 18.3. The molecule has 1 saturated heterocycles. The van der Waals surface area contributed by atoms with Gasteiger partial charge in [-0.1, -0.05) is 30.3 Å². The maximum atomic E-state index is 12.8. The van der Waals surface area contributed by atoms with Gasteiger partial charge in [-0.15, -0.1) is 0 Å². The number of nitrogens with zero attached hydrogens (tertiary/aromatic N) is 4. The number of amides is 1. The number of rotatable bonds is 7. The average molecular weight is 434 g/mol. The highest BCUT2D eigenvalue weighted by atomic mass is 16.5. The van der Waals surface area contributed by atoms with Gasteiger partial charge in [0.2, 0.25) is 0 Å². The van der Waals surface area contributed by atoms with E-state index in [2.05, 4.69) is 49.4 Å². The van der Waals surface area contributed by atoms with Crippen LogP contribution in [0, 0.1) is 0 Å². The van der Waals surface area contributed by atoms with Gasteiger partial charge in [-0.3, -0.25) is 9.69 Å². The number of methoxy groups -OCH3 is 2. The molecule has 0 atom stereocenters. The predicted molar refractivity (Wildman–Crippen MR) is 123 cm³/mol. The van der Waals surface area contributed by atoms with Crippen molar-refractivity contribution < 1.29 is 14.3 Å². The second kappa shape index (κ2) is 10.1. The quantitative estimate of drug-likeness (QED) is 0.613. The Balaban J connectivity index is 1.38. The molecule has 1 N–H and O–H groups in total. The molecule has 3 aromatic rings. The van der Waals surface area contributed by atoms with E-state index in [1.54, 1.807) is 32.4 Å². The molecule has 1 aliphatic heterocycles. The largest absolute Gasteiger partial charge is 0.497 e. The summed E-state index contributed by atoms with van der Waals surface area (Å²) in [6.45, 7) is 4.58. The molecule has 2 heterocycles. The summed E-state index contributed by atoms with van der Waals surface area (Å²) in [5, 5.41) is 2.84. The molecular weight excluding hydrogens is 406 g/mol. The second-order valence-electron chi connectivity index (χ2n) is 7.57. The lowest BCUT2D eigenvalue weighted by molar-refractivity contribution is 0.102. The van der Waals surface area contributed by atoms with E-state index in [9.17, 15) is 4.79 Å². The summed E-state index contributed by atoms with van der Waals surface area (Å²) in [5.41, 5.74) is 1.75. The smallest absolute Gasteiger partial charge is 0.257 e. The topological polar surface area (TPSA) is 79.8 Å². The van der Waals surface area contributed by atoms with Crippen molar-refractivity contribution in [3.8, 4) is 11.5 Å². The first kappa shape index (κ1) is 21.6. The van der Waals surface area contributed by atoms with Gasteiger partial charge in [-0.2, -0.15) is 0 Å². The third-order valence-corrected chi connectivity index (χ3v) is 5.45. The number of carbonyl (C=O) groups is 1. The maximum absolute atomic E-state index is 12.8. The van der Waals surface area contributed by atoms with Gasteiger partial charge in [-0.25, -0.2) is 9.97 Å². The minimum absolute atomic E-state index is 0.292. The lowest BCUT2D eigenvalue weighted by Gasteiger charge is -2.35. The monoisotopic (exact) mass is 433 g/mol. The molecular formula is C24H27N5O3. The Morgan fingerprint density at radius 3 is 2.28 bits per heavy atom. The van der Waals surface area contributed by atoms with E-state index in [0.717, 1.165) is 38.5 Å². The summed E-state index contributed by atoms with van der Waals surface area (Å²) >= 11 is 0. The van der Waals surface area contributed by atoms with E-state index in [4.69, 9.17) is 9.47 Å². The molecule has 1 aromatic heterocycles. The van der Waals surface area contributed by atoms with Crippen molar-refractivity contribution in [1.29, 1.82) is 0 Å². The number of anilines is 2. The number of piperazine rings is 1. The Bertz CT molecular complexity index is 1030. The zero-order chi connectivity index (χ0) is 22.3. The van der Waals surface area contributed by atoms with Crippen LogP contribution in [0.3, 0.4) is 0 Å². The summed E-state index contributed by atoms with van der Waals surface area (Å²) in [4.78, 5) is 26.0. The number of carbonyl (C=O) groups excluding carboxylic acids is 1. The Hall–Kier alpha value is -3.65. The molecule has 32 heavy (non-hydrogen) atoms. The number of benzene rings is 2. The van der Waals surface area contributed by atoms with Crippen molar-refractivity contribution in [2.24, 2.45) is 0 Å². The van der Waals surface area contributed by atoms with Gasteiger partial charge in [0.05, 0.1) is 14.2 Å². The molecule has 1 fully saturated rings. The summed E-state index contributed by atoms with van der Waals surface area (Å²) < 4.78 is 10.5. The lowest BCUT2D eigenvalue weighted by Crippen LogP contribution is -2.46. The number of aromatic nitrogens is 2. The van der Waals surface area contributed by atoms with Crippen molar-refractivity contribution in [3.63, 3.8) is 0 Å². The zero-order valence-electron chi connectivity index (χ0n) is 18.3. The van der Waals surface area contributed by atoms with Crippen LogP contribution in [0.15, 0.2) is 60.9 Å². The Morgan fingerprint density at radius 2 is 1.62 bits per heavy atom. The van der Waals surface area contributed by atoms with Gasteiger partial charge in [0.25, 0.3) is 5.91 Å². The predicted octanol–water partition coefficient (Wildman–Crippen LogP) is 3.07. The molecule has 1 amide bonds. The first-order valence-corrected chi connectivity index (χ1v) is 10.5. The highest BCUT2D eigenvalue weighted by Crippen LogP contribution is 2.23. The Kier molecular flexibility index (Phi) is 6.81. The van der Waals surface area contributed by atoms with E-state index < -0.39 is 0 Å². The van der Waals surface area contributed by atoms with Crippen molar-refractivity contribution in [3.05, 3.63) is 72.1 Å². The maximum Gasteiger partial charge on any atom is 0.257 e. The fraction of sp³-hybridized carbons (Fsp3) is 0.292. The van der Waals surface area contributed by atoms with Crippen molar-refractivity contribution in [2.45, 2.75) is 6.54 Å². The van der Waals surface area contributed by atoms with Crippen LogP contribution in [0.4, 0.5) is 11.6 Å². The van der Waals surface area contributed by atoms with E-state index in [1.807, 2.05) is 12.1 Å². The molecule has 0 saturated carbocycles. The summed E-state index contributed by atoms with van der Waals surface area (Å²) in [6.07, 6.45) is 1.48. The summed E-state index contributed by atoms with van der Waals surface area (Å²) in [7, 11) is 3.10. The fourth-order valence-corrected chi connectivity index (χ4v) is 3.69. The molecule has 2 aromatic carbocycles. The number of ether oxygens (including phenoxy) is 2. The Morgan fingerprint density at radius 1 is 0.938 bits per heavy atom. The van der Waals surface area contributed by atoms with Crippen LogP contribution in [0.1, 0.15) is 15.9 Å². The SMILES string of the molecule is COc1cc(OC)cc(C(=O)Nc2cc(N3CCN(Cc4ccccc4)CC3)ncn2)c1. The summed E-state index contributed by atoms with van der Waals surface area (Å²) in [6, 6.07) is 17.3. The van der Waals surface area contributed by atoms with Crippen LogP contribution < -0.4 is 19.7 Å². The van der Waals surface area contributed by atoms with E-state index >= 15 is 0 Å². The van der Waals surface area contributed by atoms with Gasteiger partial charge in [-0.05, 0) is 17.7 Å². The van der Waals surface area contributed by atoms with Crippen LogP contribution in [0.5, 0.6) is 11.5 Å². The molecule has 0 unspecified atom stereocenters.